The van der Waals surface area contributed by atoms with Gasteiger partial charge in [0.25, 0.3) is 0 Å². The van der Waals surface area contributed by atoms with Gasteiger partial charge >= 0.3 is 0 Å². The molecule has 0 saturated carbocycles. The maximum Gasteiger partial charge on any atom is 0.224 e. The van der Waals surface area contributed by atoms with Crippen molar-refractivity contribution in [3.05, 3.63) is 65.5 Å². The SMILES string of the molecule is CN(C)C(CNC(=O)Cc1ccc(N)cc1)c1cccc(F)c1. The van der Waals surface area contributed by atoms with Crippen LogP contribution in [0.1, 0.15) is 17.2 Å². The smallest absolute Gasteiger partial charge is 0.224 e. The molecule has 23 heavy (non-hydrogen) atoms. The van der Waals surface area contributed by atoms with E-state index in [1.165, 1.54) is 12.1 Å². The third kappa shape index (κ3) is 5.07. The Labute approximate surface area is 136 Å². The number of amides is 1. The van der Waals surface area contributed by atoms with Crippen molar-refractivity contribution in [3.8, 4) is 0 Å². The summed E-state index contributed by atoms with van der Waals surface area (Å²) in [5.74, 6) is -0.347. The monoisotopic (exact) mass is 315 g/mol. The second kappa shape index (κ2) is 7.74. The maximum absolute atomic E-state index is 13.4. The highest BCUT2D eigenvalue weighted by Crippen LogP contribution is 2.18. The number of nitrogens with zero attached hydrogens (tertiary/aromatic N) is 1. The number of anilines is 1. The third-order valence-corrected chi connectivity index (χ3v) is 3.69. The molecule has 1 amide bonds. The normalized spacial score (nSPS) is 12.2. The zero-order valence-corrected chi connectivity index (χ0v) is 13.4. The van der Waals surface area contributed by atoms with Crippen molar-refractivity contribution in [2.45, 2.75) is 12.5 Å². The molecular formula is C18H22FN3O. The molecule has 0 aliphatic rings. The van der Waals surface area contributed by atoms with E-state index in [-0.39, 0.29) is 17.8 Å². The van der Waals surface area contributed by atoms with Crippen LogP contribution in [0.5, 0.6) is 0 Å². The fourth-order valence-corrected chi connectivity index (χ4v) is 2.41. The first kappa shape index (κ1) is 17.0. The van der Waals surface area contributed by atoms with Crippen molar-refractivity contribution in [2.24, 2.45) is 0 Å². The Bertz CT molecular complexity index is 656. The number of carbonyl (C=O) groups is 1. The molecule has 0 fully saturated rings. The van der Waals surface area contributed by atoms with Crippen LogP contribution in [-0.4, -0.2) is 31.4 Å². The van der Waals surface area contributed by atoms with Gasteiger partial charge in [0.15, 0.2) is 0 Å². The van der Waals surface area contributed by atoms with Gasteiger partial charge in [-0.05, 0) is 49.5 Å². The van der Waals surface area contributed by atoms with Crippen LogP contribution < -0.4 is 11.1 Å². The summed E-state index contributed by atoms with van der Waals surface area (Å²) in [4.78, 5) is 14.0. The van der Waals surface area contributed by atoms with E-state index < -0.39 is 0 Å². The Morgan fingerprint density at radius 1 is 1.22 bits per heavy atom. The minimum absolute atomic E-state index is 0.0713. The molecule has 3 N–H and O–H groups in total. The van der Waals surface area contributed by atoms with Gasteiger partial charge < -0.3 is 16.0 Å². The lowest BCUT2D eigenvalue weighted by molar-refractivity contribution is -0.120. The number of nitrogens with one attached hydrogen (secondary N) is 1. The van der Waals surface area contributed by atoms with Crippen LogP contribution in [0.4, 0.5) is 10.1 Å². The summed E-state index contributed by atoms with van der Waals surface area (Å²) in [5, 5.41) is 2.91. The zero-order valence-electron chi connectivity index (χ0n) is 13.4. The highest BCUT2D eigenvalue weighted by atomic mass is 19.1. The van der Waals surface area contributed by atoms with Crippen LogP contribution in [-0.2, 0) is 11.2 Å². The highest BCUT2D eigenvalue weighted by molar-refractivity contribution is 5.78. The first-order chi connectivity index (χ1) is 11.0. The van der Waals surface area contributed by atoms with Crippen molar-refractivity contribution in [1.29, 1.82) is 0 Å². The van der Waals surface area contributed by atoms with Crippen molar-refractivity contribution in [2.75, 3.05) is 26.4 Å². The van der Waals surface area contributed by atoms with Gasteiger partial charge in [0.05, 0.1) is 12.5 Å². The lowest BCUT2D eigenvalue weighted by Gasteiger charge is -2.25. The van der Waals surface area contributed by atoms with Crippen LogP contribution in [0.2, 0.25) is 0 Å². The van der Waals surface area contributed by atoms with Gasteiger partial charge in [-0.15, -0.1) is 0 Å². The lowest BCUT2D eigenvalue weighted by atomic mass is 10.1. The molecule has 1 atom stereocenters. The lowest BCUT2D eigenvalue weighted by Crippen LogP contribution is -2.35. The maximum atomic E-state index is 13.4. The third-order valence-electron chi connectivity index (χ3n) is 3.69. The van der Waals surface area contributed by atoms with Gasteiger partial charge in [-0.1, -0.05) is 24.3 Å². The molecule has 0 heterocycles. The minimum atomic E-state index is -0.275. The van der Waals surface area contributed by atoms with Crippen LogP contribution in [0, 0.1) is 5.82 Å². The van der Waals surface area contributed by atoms with E-state index in [2.05, 4.69) is 5.32 Å². The number of hydrogen-bond donors (Lipinski definition) is 2. The van der Waals surface area contributed by atoms with E-state index >= 15 is 0 Å². The largest absolute Gasteiger partial charge is 0.399 e. The first-order valence-corrected chi connectivity index (χ1v) is 7.48. The van der Waals surface area contributed by atoms with Crippen LogP contribution in [0.25, 0.3) is 0 Å². The molecule has 0 bridgehead atoms. The zero-order chi connectivity index (χ0) is 16.8. The number of nitrogen functional groups attached to an aromatic ring is 1. The van der Waals surface area contributed by atoms with Crippen LogP contribution in [0.3, 0.4) is 0 Å². The van der Waals surface area contributed by atoms with E-state index in [1.807, 2.05) is 37.2 Å². The molecule has 0 radical (unpaired) electrons. The van der Waals surface area contributed by atoms with Crippen molar-refractivity contribution in [3.63, 3.8) is 0 Å². The molecule has 1 unspecified atom stereocenters. The van der Waals surface area contributed by atoms with Gasteiger partial charge in [-0.25, -0.2) is 4.39 Å². The summed E-state index contributed by atoms with van der Waals surface area (Å²) in [6, 6.07) is 13.6. The van der Waals surface area contributed by atoms with E-state index in [0.717, 1.165) is 11.1 Å². The molecule has 4 nitrogen and oxygen atoms in total. The number of carbonyl (C=O) groups excluding carboxylic acids is 1. The van der Waals surface area contributed by atoms with Gasteiger partial charge in [-0.2, -0.15) is 0 Å². The summed E-state index contributed by atoms with van der Waals surface area (Å²) in [6.45, 7) is 0.421. The Morgan fingerprint density at radius 3 is 2.52 bits per heavy atom. The number of hydrogen-bond acceptors (Lipinski definition) is 3. The Hall–Kier alpha value is -2.40. The first-order valence-electron chi connectivity index (χ1n) is 7.48. The Kier molecular flexibility index (Phi) is 5.71. The summed E-state index contributed by atoms with van der Waals surface area (Å²) >= 11 is 0. The van der Waals surface area contributed by atoms with E-state index in [9.17, 15) is 9.18 Å². The molecule has 0 aromatic heterocycles. The van der Waals surface area contributed by atoms with Crippen molar-refractivity contribution >= 4 is 11.6 Å². The molecule has 2 rings (SSSR count). The fourth-order valence-electron chi connectivity index (χ4n) is 2.41. The van der Waals surface area contributed by atoms with Gasteiger partial charge in [0.2, 0.25) is 5.91 Å². The number of nitrogens with two attached hydrogens (primary N) is 1. The molecule has 0 spiro atoms. The number of halogens is 1. The minimum Gasteiger partial charge on any atom is -0.399 e. The average Bonchev–Trinajstić information content (AvgIpc) is 2.49. The fraction of sp³-hybridized carbons (Fsp3) is 0.278. The molecule has 0 aliphatic carbocycles. The molecule has 122 valence electrons. The summed E-state index contributed by atoms with van der Waals surface area (Å²) in [6.07, 6.45) is 0.295. The van der Waals surface area contributed by atoms with E-state index in [4.69, 9.17) is 5.73 Å². The quantitative estimate of drug-likeness (QED) is 0.805. The Balaban J connectivity index is 1.96. The second-order valence-corrected chi connectivity index (χ2v) is 5.76. The van der Waals surface area contributed by atoms with E-state index in [1.54, 1.807) is 18.2 Å². The highest BCUT2D eigenvalue weighted by Gasteiger charge is 2.16. The Morgan fingerprint density at radius 2 is 1.91 bits per heavy atom. The van der Waals surface area contributed by atoms with E-state index in [0.29, 0.717) is 18.7 Å². The molecular weight excluding hydrogens is 293 g/mol. The van der Waals surface area contributed by atoms with Gasteiger partial charge in [-0.3, -0.25) is 4.79 Å². The van der Waals surface area contributed by atoms with Crippen molar-refractivity contribution < 1.29 is 9.18 Å². The van der Waals surface area contributed by atoms with Gasteiger partial charge in [0, 0.05) is 12.2 Å². The van der Waals surface area contributed by atoms with Crippen LogP contribution in [0.15, 0.2) is 48.5 Å². The number of likely N-dealkylation sites (N-methyl/N-ethyl adjacent to an activating group) is 1. The molecule has 2 aromatic rings. The predicted molar refractivity (Wildman–Crippen MR) is 90.4 cm³/mol. The summed E-state index contributed by atoms with van der Waals surface area (Å²) in [7, 11) is 3.81. The number of benzene rings is 2. The number of rotatable bonds is 6. The van der Waals surface area contributed by atoms with Gasteiger partial charge in [0.1, 0.15) is 5.82 Å². The molecule has 2 aromatic carbocycles. The second-order valence-electron chi connectivity index (χ2n) is 5.76. The predicted octanol–water partition coefficient (Wildman–Crippen LogP) is 2.37. The average molecular weight is 315 g/mol. The molecule has 0 aliphatic heterocycles. The summed E-state index contributed by atoms with van der Waals surface area (Å²) < 4.78 is 13.4. The van der Waals surface area contributed by atoms with Crippen molar-refractivity contribution in [1.82, 2.24) is 10.2 Å². The standard InChI is InChI=1S/C18H22FN3O/c1-22(2)17(14-4-3-5-15(19)11-14)12-21-18(23)10-13-6-8-16(20)9-7-13/h3-9,11,17H,10,12,20H2,1-2H3,(H,21,23). The molecule has 0 saturated heterocycles. The van der Waals surface area contributed by atoms with Crippen LogP contribution >= 0.6 is 0 Å². The molecule has 5 heteroatoms. The summed E-state index contributed by atoms with van der Waals surface area (Å²) in [5.41, 5.74) is 8.05. The topological polar surface area (TPSA) is 58.4 Å².